The summed E-state index contributed by atoms with van der Waals surface area (Å²) in [4.78, 5) is 14.1. The molecular weight excluding hydrogens is 341 g/mol. The Kier molecular flexibility index (Phi) is 4.96. The highest BCUT2D eigenvalue weighted by Crippen LogP contribution is 2.17. The Labute approximate surface area is 121 Å². The second-order valence-electron chi connectivity index (χ2n) is 4.53. The largest absolute Gasteiger partial charge is 0.325 e. The van der Waals surface area contributed by atoms with Gasteiger partial charge in [-0.1, -0.05) is 0 Å². The zero-order valence-electron chi connectivity index (χ0n) is 10.5. The molecule has 0 radical (unpaired) electrons. The number of halogens is 1. The number of anilines is 1. The summed E-state index contributed by atoms with van der Waals surface area (Å²) in [6, 6.07) is 6.04. The van der Waals surface area contributed by atoms with Crippen LogP contribution in [0.25, 0.3) is 0 Å². The molecule has 0 aromatic heterocycles. The van der Waals surface area contributed by atoms with Crippen LogP contribution in [0.3, 0.4) is 0 Å². The molecule has 1 aromatic rings. The Balaban J connectivity index is 1.90. The lowest BCUT2D eigenvalue weighted by Crippen LogP contribution is -2.46. The van der Waals surface area contributed by atoms with Crippen LogP contribution in [0, 0.1) is 10.5 Å². The van der Waals surface area contributed by atoms with Gasteiger partial charge in [-0.15, -0.1) is 0 Å². The molecule has 1 aliphatic heterocycles. The maximum Gasteiger partial charge on any atom is 0.238 e. The van der Waals surface area contributed by atoms with Gasteiger partial charge < -0.3 is 10.6 Å². The molecular formula is C13H18IN3O. The number of amides is 1. The van der Waals surface area contributed by atoms with E-state index >= 15 is 0 Å². The molecule has 0 bridgehead atoms. The predicted octanol–water partition coefficient (Wildman–Crippen LogP) is 1.44. The van der Waals surface area contributed by atoms with Gasteiger partial charge in [0.2, 0.25) is 5.91 Å². The van der Waals surface area contributed by atoms with Crippen molar-refractivity contribution in [2.75, 3.05) is 38.0 Å². The summed E-state index contributed by atoms with van der Waals surface area (Å²) in [5, 5.41) is 6.26. The molecule has 4 nitrogen and oxygen atoms in total. The van der Waals surface area contributed by atoms with E-state index in [1.54, 1.807) is 0 Å². The molecule has 1 aromatic carbocycles. The average molecular weight is 359 g/mol. The Morgan fingerprint density at radius 1 is 1.44 bits per heavy atom. The number of nitrogens with one attached hydrogen (secondary N) is 2. The SMILES string of the molecule is Cc1cc(I)ccc1NC(=O)CN1CCNCC1. The van der Waals surface area contributed by atoms with Crippen LogP contribution in [-0.4, -0.2) is 43.5 Å². The highest BCUT2D eigenvalue weighted by atomic mass is 127. The van der Waals surface area contributed by atoms with Gasteiger partial charge in [-0.2, -0.15) is 0 Å². The van der Waals surface area contributed by atoms with Crippen molar-refractivity contribution in [3.05, 3.63) is 27.3 Å². The van der Waals surface area contributed by atoms with E-state index in [0.29, 0.717) is 6.54 Å². The van der Waals surface area contributed by atoms with Crippen LogP contribution in [-0.2, 0) is 4.79 Å². The van der Waals surface area contributed by atoms with Crippen LogP contribution in [0.5, 0.6) is 0 Å². The molecule has 1 amide bonds. The number of hydrogen-bond donors (Lipinski definition) is 2. The molecule has 5 heteroatoms. The molecule has 1 fully saturated rings. The van der Waals surface area contributed by atoms with E-state index in [-0.39, 0.29) is 5.91 Å². The maximum atomic E-state index is 11.9. The monoisotopic (exact) mass is 359 g/mol. The third kappa shape index (κ3) is 3.93. The first-order chi connectivity index (χ1) is 8.65. The molecule has 0 atom stereocenters. The molecule has 0 saturated carbocycles. The number of carbonyl (C=O) groups excluding carboxylic acids is 1. The van der Waals surface area contributed by atoms with Crippen molar-refractivity contribution in [3.8, 4) is 0 Å². The number of hydrogen-bond acceptors (Lipinski definition) is 3. The molecule has 2 N–H and O–H groups in total. The third-order valence-corrected chi connectivity index (χ3v) is 3.71. The van der Waals surface area contributed by atoms with Gasteiger partial charge in [0, 0.05) is 35.4 Å². The number of benzene rings is 1. The van der Waals surface area contributed by atoms with Crippen molar-refractivity contribution in [2.45, 2.75) is 6.92 Å². The number of rotatable bonds is 3. The number of carbonyl (C=O) groups is 1. The van der Waals surface area contributed by atoms with Gasteiger partial charge in [0.15, 0.2) is 0 Å². The van der Waals surface area contributed by atoms with Crippen LogP contribution < -0.4 is 10.6 Å². The van der Waals surface area contributed by atoms with Crippen molar-refractivity contribution >= 4 is 34.2 Å². The summed E-state index contributed by atoms with van der Waals surface area (Å²) in [6.07, 6.45) is 0. The van der Waals surface area contributed by atoms with E-state index in [2.05, 4.69) is 44.2 Å². The fraction of sp³-hybridized carbons (Fsp3) is 0.462. The summed E-state index contributed by atoms with van der Waals surface area (Å²) in [7, 11) is 0. The first kappa shape index (κ1) is 13.8. The number of aryl methyl sites for hydroxylation is 1. The van der Waals surface area contributed by atoms with Gasteiger partial charge >= 0.3 is 0 Å². The van der Waals surface area contributed by atoms with Crippen molar-refractivity contribution in [3.63, 3.8) is 0 Å². The highest BCUT2D eigenvalue weighted by molar-refractivity contribution is 14.1. The topological polar surface area (TPSA) is 44.4 Å². The van der Waals surface area contributed by atoms with Crippen molar-refractivity contribution in [2.24, 2.45) is 0 Å². The van der Waals surface area contributed by atoms with Gasteiger partial charge in [-0.3, -0.25) is 9.69 Å². The quantitative estimate of drug-likeness (QED) is 0.803. The van der Waals surface area contributed by atoms with E-state index in [1.807, 2.05) is 19.1 Å². The van der Waals surface area contributed by atoms with E-state index in [4.69, 9.17) is 0 Å². The molecule has 18 heavy (non-hydrogen) atoms. The van der Waals surface area contributed by atoms with Crippen LogP contribution in [0.4, 0.5) is 5.69 Å². The Hall–Kier alpha value is -0.660. The van der Waals surface area contributed by atoms with Gasteiger partial charge in [-0.05, 0) is 53.3 Å². The van der Waals surface area contributed by atoms with Crippen molar-refractivity contribution < 1.29 is 4.79 Å². The molecule has 0 spiro atoms. The van der Waals surface area contributed by atoms with Crippen LogP contribution in [0.2, 0.25) is 0 Å². The van der Waals surface area contributed by atoms with Crippen LogP contribution in [0.15, 0.2) is 18.2 Å². The summed E-state index contributed by atoms with van der Waals surface area (Å²) >= 11 is 2.27. The summed E-state index contributed by atoms with van der Waals surface area (Å²) in [5.74, 6) is 0.0706. The van der Waals surface area contributed by atoms with Gasteiger partial charge in [0.25, 0.3) is 0 Å². The first-order valence-corrected chi connectivity index (χ1v) is 7.22. The number of piperazine rings is 1. The van der Waals surface area contributed by atoms with E-state index in [1.165, 1.54) is 3.57 Å². The minimum absolute atomic E-state index is 0.0706. The highest BCUT2D eigenvalue weighted by Gasteiger charge is 2.13. The Morgan fingerprint density at radius 3 is 2.83 bits per heavy atom. The van der Waals surface area contributed by atoms with Gasteiger partial charge in [-0.25, -0.2) is 0 Å². The van der Waals surface area contributed by atoms with E-state index in [0.717, 1.165) is 37.4 Å². The van der Waals surface area contributed by atoms with Gasteiger partial charge in [0.05, 0.1) is 6.54 Å². The Morgan fingerprint density at radius 2 is 2.17 bits per heavy atom. The molecule has 1 saturated heterocycles. The minimum atomic E-state index is 0.0706. The molecule has 98 valence electrons. The smallest absolute Gasteiger partial charge is 0.238 e. The second-order valence-corrected chi connectivity index (χ2v) is 5.78. The second kappa shape index (κ2) is 6.49. The van der Waals surface area contributed by atoms with Crippen LogP contribution in [0.1, 0.15) is 5.56 Å². The predicted molar refractivity (Wildman–Crippen MR) is 81.8 cm³/mol. The molecule has 1 heterocycles. The number of nitrogens with zero attached hydrogens (tertiary/aromatic N) is 1. The fourth-order valence-corrected chi connectivity index (χ4v) is 2.68. The van der Waals surface area contributed by atoms with E-state index in [9.17, 15) is 4.79 Å². The zero-order chi connectivity index (χ0) is 13.0. The van der Waals surface area contributed by atoms with Crippen LogP contribution >= 0.6 is 22.6 Å². The van der Waals surface area contributed by atoms with Crippen molar-refractivity contribution in [1.82, 2.24) is 10.2 Å². The lowest BCUT2D eigenvalue weighted by atomic mass is 10.2. The first-order valence-electron chi connectivity index (χ1n) is 6.14. The minimum Gasteiger partial charge on any atom is -0.325 e. The molecule has 0 aliphatic carbocycles. The normalized spacial score (nSPS) is 16.6. The summed E-state index contributed by atoms with van der Waals surface area (Å²) in [6.45, 7) is 6.32. The third-order valence-electron chi connectivity index (χ3n) is 3.04. The molecule has 1 aliphatic rings. The molecule has 0 unspecified atom stereocenters. The lowest BCUT2D eigenvalue weighted by Gasteiger charge is -2.26. The summed E-state index contributed by atoms with van der Waals surface area (Å²) in [5.41, 5.74) is 2.02. The van der Waals surface area contributed by atoms with E-state index < -0.39 is 0 Å². The maximum absolute atomic E-state index is 11.9. The average Bonchev–Trinajstić information content (AvgIpc) is 2.34. The zero-order valence-corrected chi connectivity index (χ0v) is 12.7. The van der Waals surface area contributed by atoms with Gasteiger partial charge in [0.1, 0.15) is 0 Å². The molecule has 2 rings (SSSR count). The lowest BCUT2D eigenvalue weighted by molar-refractivity contribution is -0.117. The fourth-order valence-electron chi connectivity index (χ4n) is 2.03. The summed E-state index contributed by atoms with van der Waals surface area (Å²) < 4.78 is 1.19. The standard InChI is InChI=1S/C13H18IN3O/c1-10-8-11(14)2-3-12(10)16-13(18)9-17-6-4-15-5-7-17/h2-3,8,15H,4-7,9H2,1H3,(H,16,18). The van der Waals surface area contributed by atoms with Crippen molar-refractivity contribution in [1.29, 1.82) is 0 Å². The Bertz CT molecular complexity index is 430.